The van der Waals surface area contributed by atoms with Crippen molar-refractivity contribution < 1.29 is 0 Å². The van der Waals surface area contributed by atoms with E-state index in [4.69, 9.17) is 0 Å². The molecule has 1 aliphatic carbocycles. The van der Waals surface area contributed by atoms with Gasteiger partial charge < -0.3 is 0 Å². The average Bonchev–Trinajstić information content (AvgIpc) is 1.83. The number of rotatable bonds is 0. The second kappa shape index (κ2) is 2.61. The molecule has 1 heteroatoms. The highest BCUT2D eigenvalue weighted by molar-refractivity contribution is 7.84. The smallest absolute Gasteiger partial charge is 0.00553 e. The van der Waals surface area contributed by atoms with Gasteiger partial charge in [-0.15, -0.1) is 12.6 Å². The van der Waals surface area contributed by atoms with E-state index in [1.54, 1.807) is 0 Å². The average molecular weight is 140 g/mol. The Bertz CT molecular complexity index is 165. The van der Waals surface area contributed by atoms with E-state index < -0.39 is 0 Å². The number of hydrogen-bond acceptors (Lipinski definition) is 1. The largest absolute Gasteiger partial charge is 0.143 e. The SMILES string of the molecule is C=C1CCCC(C)=C1S. The van der Waals surface area contributed by atoms with Crippen LogP contribution in [0.3, 0.4) is 0 Å². The summed E-state index contributed by atoms with van der Waals surface area (Å²) in [7, 11) is 0. The molecule has 0 heterocycles. The van der Waals surface area contributed by atoms with Gasteiger partial charge in [0.05, 0.1) is 0 Å². The monoisotopic (exact) mass is 140 g/mol. The van der Waals surface area contributed by atoms with Crippen molar-refractivity contribution >= 4 is 12.6 Å². The van der Waals surface area contributed by atoms with Gasteiger partial charge in [0.15, 0.2) is 0 Å². The molecule has 1 aliphatic rings. The summed E-state index contributed by atoms with van der Waals surface area (Å²) in [6, 6.07) is 0. The molecule has 0 bridgehead atoms. The quantitative estimate of drug-likeness (QED) is 0.491. The first-order valence-electron chi connectivity index (χ1n) is 3.28. The molecule has 9 heavy (non-hydrogen) atoms. The summed E-state index contributed by atoms with van der Waals surface area (Å²) < 4.78 is 0. The van der Waals surface area contributed by atoms with Crippen LogP contribution in [0.1, 0.15) is 26.2 Å². The second-order valence-corrected chi connectivity index (χ2v) is 3.03. The van der Waals surface area contributed by atoms with Gasteiger partial charge in [0.2, 0.25) is 0 Å². The Labute approximate surface area is 62.1 Å². The van der Waals surface area contributed by atoms with Gasteiger partial charge in [0, 0.05) is 4.91 Å². The van der Waals surface area contributed by atoms with E-state index >= 15 is 0 Å². The fourth-order valence-corrected chi connectivity index (χ4v) is 1.33. The van der Waals surface area contributed by atoms with E-state index in [0.29, 0.717) is 0 Å². The molecule has 0 aromatic carbocycles. The van der Waals surface area contributed by atoms with E-state index in [2.05, 4.69) is 26.1 Å². The van der Waals surface area contributed by atoms with Crippen LogP contribution in [0, 0.1) is 0 Å². The van der Waals surface area contributed by atoms with E-state index in [1.165, 1.54) is 24.0 Å². The molecule has 0 nitrogen and oxygen atoms in total. The van der Waals surface area contributed by atoms with E-state index in [1.807, 2.05) is 0 Å². The maximum Gasteiger partial charge on any atom is 0.00553 e. The van der Waals surface area contributed by atoms with Crippen molar-refractivity contribution in [2.24, 2.45) is 0 Å². The van der Waals surface area contributed by atoms with Gasteiger partial charge in [-0.05, 0) is 31.8 Å². The molecule has 0 aliphatic heterocycles. The van der Waals surface area contributed by atoms with Crippen LogP contribution in [-0.2, 0) is 0 Å². The molecule has 0 unspecified atom stereocenters. The zero-order valence-electron chi connectivity index (χ0n) is 5.78. The third-order valence-corrected chi connectivity index (χ3v) is 2.47. The molecular weight excluding hydrogens is 128 g/mol. The van der Waals surface area contributed by atoms with Gasteiger partial charge in [0.1, 0.15) is 0 Å². The minimum atomic E-state index is 1.14. The van der Waals surface area contributed by atoms with Gasteiger partial charge in [-0.3, -0.25) is 0 Å². The van der Waals surface area contributed by atoms with Crippen molar-refractivity contribution in [3.63, 3.8) is 0 Å². The maximum absolute atomic E-state index is 4.33. The minimum Gasteiger partial charge on any atom is -0.143 e. The van der Waals surface area contributed by atoms with Crippen LogP contribution >= 0.6 is 12.6 Å². The lowest BCUT2D eigenvalue weighted by Gasteiger charge is -2.15. The first-order chi connectivity index (χ1) is 4.22. The lowest BCUT2D eigenvalue weighted by atomic mass is 9.97. The first kappa shape index (κ1) is 6.94. The second-order valence-electron chi connectivity index (χ2n) is 2.59. The summed E-state index contributed by atoms with van der Waals surface area (Å²) in [5.41, 5.74) is 2.61. The topological polar surface area (TPSA) is 0 Å². The molecular formula is C8H12S. The molecule has 1 rings (SSSR count). The van der Waals surface area contributed by atoms with Crippen molar-refractivity contribution in [3.05, 3.63) is 22.6 Å². The Morgan fingerprint density at radius 1 is 1.44 bits per heavy atom. The van der Waals surface area contributed by atoms with Gasteiger partial charge in [0.25, 0.3) is 0 Å². The zero-order valence-corrected chi connectivity index (χ0v) is 6.67. The highest BCUT2D eigenvalue weighted by Gasteiger charge is 2.08. The lowest BCUT2D eigenvalue weighted by molar-refractivity contribution is 0.782. The van der Waals surface area contributed by atoms with Gasteiger partial charge >= 0.3 is 0 Å². The number of hydrogen-bond donors (Lipinski definition) is 1. The molecule has 0 atom stereocenters. The third-order valence-electron chi connectivity index (χ3n) is 1.77. The fraction of sp³-hybridized carbons (Fsp3) is 0.500. The minimum absolute atomic E-state index is 1.14. The summed E-state index contributed by atoms with van der Waals surface area (Å²) in [6.45, 7) is 6.04. The van der Waals surface area contributed by atoms with Crippen LogP contribution in [-0.4, -0.2) is 0 Å². The standard InChI is InChI=1S/C8H12S/c1-6-4-3-5-7(2)8(6)9/h9H,1,3-5H2,2H3. The highest BCUT2D eigenvalue weighted by Crippen LogP contribution is 2.29. The van der Waals surface area contributed by atoms with Gasteiger partial charge in [-0.2, -0.15) is 0 Å². The van der Waals surface area contributed by atoms with Crippen molar-refractivity contribution in [2.45, 2.75) is 26.2 Å². The third kappa shape index (κ3) is 1.39. The van der Waals surface area contributed by atoms with Crippen LogP contribution in [0.4, 0.5) is 0 Å². The van der Waals surface area contributed by atoms with E-state index in [9.17, 15) is 0 Å². The van der Waals surface area contributed by atoms with Gasteiger partial charge in [-0.1, -0.05) is 12.2 Å². The van der Waals surface area contributed by atoms with E-state index in [-0.39, 0.29) is 0 Å². The molecule has 0 saturated carbocycles. The fourth-order valence-electron chi connectivity index (χ4n) is 1.11. The number of thiol groups is 1. The molecule has 0 spiro atoms. The molecule has 50 valence electrons. The van der Waals surface area contributed by atoms with Crippen LogP contribution in [0.2, 0.25) is 0 Å². The molecule has 0 aromatic heterocycles. The molecule has 0 amide bonds. The zero-order chi connectivity index (χ0) is 6.85. The predicted molar refractivity (Wildman–Crippen MR) is 44.7 cm³/mol. The van der Waals surface area contributed by atoms with Crippen molar-refractivity contribution in [1.29, 1.82) is 0 Å². The maximum atomic E-state index is 4.33. The normalized spacial score (nSPS) is 20.9. The van der Waals surface area contributed by atoms with Crippen molar-refractivity contribution in [2.75, 3.05) is 0 Å². The summed E-state index contributed by atoms with van der Waals surface area (Å²) in [5.74, 6) is 0. The first-order valence-corrected chi connectivity index (χ1v) is 3.73. The van der Waals surface area contributed by atoms with Crippen molar-refractivity contribution in [3.8, 4) is 0 Å². The highest BCUT2D eigenvalue weighted by atomic mass is 32.1. The summed E-state index contributed by atoms with van der Waals surface area (Å²) >= 11 is 4.33. The molecule has 0 N–H and O–H groups in total. The Morgan fingerprint density at radius 3 is 2.56 bits per heavy atom. The van der Waals surface area contributed by atoms with Crippen LogP contribution < -0.4 is 0 Å². The molecule has 0 saturated heterocycles. The summed E-state index contributed by atoms with van der Waals surface area (Å²) in [4.78, 5) is 1.14. The number of allylic oxidation sites excluding steroid dienone is 2. The predicted octanol–water partition coefficient (Wildman–Crippen LogP) is 2.93. The lowest BCUT2D eigenvalue weighted by Crippen LogP contribution is -1.94. The summed E-state index contributed by atoms with van der Waals surface area (Å²) in [6.07, 6.45) is 3.60. The van der Waals surface area contributed by atoms with Gasteiger partial charge in [-0.25, -0.2) is 0 Å². The van der Waals surface area contributed by atoms with Crippen LogP contribution in [0.15, 0.2) is 22.6 Å². The van der Waals surface area contributed by atoms with Crippen LogP contribution in [0.5, 0.6) is 0 Å². The van der Waals surface area contributed by atoms with Crippen molar-refractivity contribution in [1.82, 2.24) is 0 Å². The molecule has 0 fully saturated rings. The molecule has 0 aromatic rings. The Balaban J connectivity index is 2.84. The Hall–Kier alpha value is -0.170. The summed E-state index contributed by atoms with van der Waals surface area (Å²) in [5, 5.41) is 0. The van der Waals surface area contributed by atoms with Crippen LogP contribution in [0.25, 0.3) is 0 Å². The molecule has 0 radical (unpaired) electrons. The Kier molecular flexibility index (Phi) is 2.01. The van der Waals surface area contributed by atoms with E-state index in [0.717, 1.165) is 11.3 Å². The Morgan fingerprint density at radius 2 is 2.11 bits per heavy atom.